The minimum Gasteiger partial charge on any atom is -0.502 e. The Kier molecular flexibility index (Phi) is 5.03. The molecule has 0 spiro atoms. The second kappa shape index (κ2) is 6.99. The Labute approximate surface area is 138 Å². The van der Waals surface area contributed by atoms with Gasteiger partial charge in [-0.15, -0.1) is 0 Å². The Morgan fingerprint density at radius 3 is 2.58 bits per heavy atom. The van der Waals surface area contributed by atoms with Crippen molar-refractivity contribution in [3.8, 4) is 11.5 Å². The molecule has 0 heterocycles. The van der Waals surface area contributed by atoms with Crippen molar-refractivity contribution in [3.05, 3.63) is 63.2 Å². The van der Waals surface area contributed by atoms with E-state index in [1.807, 2.05) is 13.0 Å². The maximum atomic E-state index is 11.7. The van der Waals surface area contributed by atoms with E-state index in [0.29, 0.717) is 16.9 Å². The fourth-order valence-electron chi connectivity index (χ4n) is 2.53. The lowest BCUT2D eigenvalue weighted by atomic mass is 9.90. The van der Waals surface area contributed by atoms with Crippen LogP contribution in [0.4, 0.5) is 5.69 Å². The molecule has 0 aromatic heterocycles. The summed E-state index contributed by atoms with van der Waals surface area (Å²) in [4.78, 5) is 21.9. The number of aryl methyl sites for hydroxylation is 1. The van der Waals surface area contributed by atoms with Crippen molar-refractivity contribution in [1.82, 2.24) is 0 Å². The van der Waals surface area contributed by atoms with Gasteiger partial charge in [-0.3, -0.25) is 14.9 Å². The monoisotopic (exact) mass is 331 g/mol. The Bertz CT molecular complexity index is 787. The molecule has 24 heavy (non-hydrogen) atoms. The summed E-state index contributed by atoms with van der Waals surface area (Å²) in [6.07, 6.45) is 0.0380. The molecule has 0 aliphatic carbocycles. The fraction of sp³-hybridized carbons (Fsp3) is 0.235. The quantitative estimate of drug-likeness (QED) is 0.622. The lowest BCUT2D eigenvalue weighted by Crippen LogP contribution is -2.16. The minimum absolute atomic E-state index is 0.0380. The van der Waals surface area contributed by atoms with Crippen LogP contribution in [0.3, 0.4) is 0 Å². The molecule has 126 valence electrons. The highest BCUT2D eigenvalue weighted by Gasteiger charge is 2.25. The van der Waals surface area contributed by atoms with E-state index in [9.17, 15) is 25.1 Å². The number of phenolic OH excluding ortho intramolecular Hbond substituents is 1. The Morgan fingerprint density at radius 2 is 2.00 bits per heavy atom. The molecule has 0 bridgehead atoms. The van der Waals surface area contributed by atoms with Crippen molar-refractivity contribution in [1.29, 1.82) is 0 Å². The van der Waals surface area contributed by atoms with E-state index in [4.69, 9.17) is 4.74 Å². The zero-order valence-electron chi connectivity index (χ0n) is 13.2. The number of methoxy groups -OCH3 is 1. The summed E-state index contributed by atoms with van der Waals surface area (Å²) < 4.78 is 5.24. The van der Waals surface area contributed by atoms with Crippen LogP contribution < -0.4 is 4.74 Å². The molecule has 2 aromatic rings. The normalized spacial score (nSPS) is 11.8. The number of nitro groups is 1. The van der Waals surface area contributed by atoms with Crippen molar-refractivity contribution >= 4 is 11.7 Å². The molecule has 0 aliphatic heterocycles. The maximum Gasteiger partial charge on any atom is 0.311 e. The molecule has 0 saturated heterocycles. The van der Waals surface area contributed by atoms with Gasteiger partial charge in [-0.25, -0.2) is 0 Å². The highest BCUT2D eigenvalue weighted by Crippen LogP contribution is 2.33. The number of nitrogens with zero attached hydrogens (tertiary/aromatic N) is 1. The molecular weight excluding hydrogens is 314 g/mol. The summed E-state index contributed by atoms with van der Waals surface area (Å²) in [5.74, 6) is -2.00. The van der Waals surface area contributed by atoms with Crippen molar-refractivity contribution in [3.63, 3.8) is 0 Å². The predicted octanol–water partition coefficient (Wildman–Crippen LogP) is 3.03. The average Bonchev–Trinajstić information content (AvgIpc) is 2.53. The van der Waals surface area contributed by atoms with Gasteiger partial charge in [0.2, 0.25) is 0 Å². The zero-order chi connectivity index (χ0) is 17.9. The predicted molar refractivity (Wildman–Crippen MR) is 86.6 cm³/mol. The minimum atomic E-state index is -1.06. The first-order chi connectivity index (χ1) is 11.3. The van der Waals surface area contributed by atoms with Crippen molar-refractivity contribution in [2.24, 2.45) is 0 Å². The number of benzene rings is 2. The number of ether oxygens (including phenoxy) is 1. The maximum absolute atomic E-state index is 11.7. The SMILES string of the molecule is COc1ccc(C)cc1C(Cc1ccc(O)c([N+](=O)[O-])c1)C(=O)O. The Hall–Kier alpha value is -3.09. The van der Waals surface area contributed by atoms with Gasteiger partial charge < -0.3 is 14.9 Å². The van der Waals surface area contributed by atoms with E-state index in [1.54, 1.807) is 12.1 Å². The summed E-state index contributed by atoms with van der Waals surface area (Å²) in [5.41, 5.74) is 1.37. The van der Waals surface area contributed by atoms with Crippen molar-refractivity contribution in [2.45, 2.75) is 19.3 Å². The molecule has 1 unspecified atom stereocenters. The molecule has 0 fully saturated rings. The summed E-state index contributed by atoms with van der Waals surface area (Å²) in [7, 11) is 1.46. The number of nitro benzene ring substituents is 1. The molecule has 2 rings (SSSR count). The summed E-state index contributed by atoms with van der Waals surface area (Å²) in [6.45, 7) is 1.84. The summed E-state index contributed by atoms with van der Waals surface area (Å²) in [6, 6.07) is 9.09. The molecule has 0 saturated carbocycles. The van der Waals surface area contributed by atoms with Crippen LogP contribution in [-0.4, -0.2) is 28.2 Å². The number of rotatable bonds is 6. The standard InChI is InChI=1S/C17H17NO6/c1-10-3-6-16(24-2)12(7-10)13(17(20)21)8-11-4-5-15(19)14(9-11)18(22)23/h3-7,9,13,19H,8H2,1-2H3,(H,20,21). The van der Waals surface area contributed by atoms with Crippen LogP contribution >= 0.6 is 0 Å². The molecule has 1 atom stereocenters. The Morgan fingerprint density at radius 1 is 1.29 bits per heavy atom. The largest absolute Gasteiger partial charge is 0.502 e. The molecule has 7 heteroatoms. The van der Waals surface area contributed by atoms with Crippen LogP contribution in [0.15, 0.2) is 36.4 Å². The summed E-state index contributed by atoms with van der Waals surface area (Å²) >= 11 is 0. The molecule has 0 aliphatic rings. The van der Waals surface area contributed by atoms with Crippen LogP contribution in [-0.2, 0) is 11.2 Å². The van der Waals surface area contributed by atoms with Gasteiger partial charge in [-0.1, -0.05) is 23.8 Å². The number of phenols is 1. The number of hydrogen-bond acceptors (Lipinski definition) is 5. The van der Waals surface area contributed by atoms with Gasteiger partial charge in [-0.2, -0.15) is 0 Å². The molecule has 0 amide bonds. The van der Waals surface area contributed by atoms with Crippen LogP contribution in [0.5, 0.6) is 11.5 Å². The van der Waals surface area contributed by atoms with Gasteiger partial charge in [0, 0.05) is 11.6 Å². The van der Waals surface area contributed by atoms with Crippen molar-refractivity contribution in [2.75, 3.05) is 7.11 Å². The zero-order valence-corrected chi connectivity index (χ0v) is 13.2. The number of hydrogen-bond donors (Lipinski definition) is 2. The van der Waals surface area contributed by atoms with E-state index in [0.717, 1.165) is 5.56 Å². The van der Waals surface area contributed by atoms with Crippen LogP contribution in [0.2, 0.25) is 0 Å². The number of aliphatic carboxylic acids is 1. The van der Waals surface area contributed by atoms with Gasteiger partial charge in [-0.05, 0) is 31.0 Å². The van der Waals surface area contributed by atoms with Gasteiger partial charge >= 0.3 is 11.7 Å². The average molecular weight is 331 g/mol. The number of carboxylic acid groups (broad SMARTS) is 1. The van der Waals surface area contributed by atoms with Crippen LogP contribution in [0.25, 0.3) is 0 Å². The third-order valence-electron chi connectivity index (χ3n) is 3.74. The first-order valence-corrected chi connectivity index (χ1v) is 7.17. The second-order valence-electron chi connectivity index (χ2n) is 5.42. The summed E-state index contributed by atoms with van der Waals surface area (Å²) in [5, 5.41) is 30.0. The van der Waals surface area contributed by atoms with E-state index in [-0.39, 0.29) is 6.42 Å². The molecule has 0 radical (unpaired) electrons. The topological polar surface area (TPSA) is 110 Å². The smallest absolute Gasteiger partial charge is 0.311 e. The lowest BCUT2D eigenvalue weighted by Gasteiger charge is -2.17. The van der Waals surface area contributed by atoms with Gasteiger partial charge in [0.1, 0.15) is 5.75 Å². The fourth-order valence-corrected chi connectivity index (χ4v) is 2.53. The third-order valence-corrected chi connectivity index (χ3v) is 3.74. The van der Waals surface area contributed by atoms with E-state index >= 15 is 0 Å². The highest BCUT2D eigenvalue weighted by atomic mass is 16.6. The highest BCUT2D eigenvalue weighted by molar-refractivity contribution is 5.78. The number of carbonyl (C=O) groups is 1. The Balaban J connectivity index is 2.44. The van der Waals surface area contributed by atoms with Crippen LogP contribution in [0, 0.1) is 17.0 Å². The van der Waals surface area contributed by atoms with Crippen LogP contribution in [0.1, 0.15) is 22.6 Å². The van der Waals surface area contributed by atoms with Gasteiger partial charge in [0.25, 0.3) is 0 Å². The molecule has 7 nitrogen and oxygen atoms in total. The van der Waals surface area contributed by atoms with Gasteiger partial charge in [0.05, 0.1) is 18.0 Å². The van der Waals surface area contributed by atoms with E-state index < -0.39 is 28.2 Å². The number of carboxylic acids is 1. The first kappa shape index (κ1) is 17.3. The molecule has 2 N–H and O–H groups in total. The van der Waals surface area contributed by atoms with Gasteiger partial charge in [0.15, 0.2) is 5.75 Å². The molecular formula is C17H17NO6. The van der Waals surface area contributed by atoms with E-state index in [1.165, 1.54) is 25.3 Å². The van der Waals surface area contributed by atoms with E-state index in [2.05, 4.69) is 0 Å². The first-order valence-electron chi connectivity index (χ1n) is 7.17. The second-order valence-corrected chi connectivity index (χ2v) is 5.42. The molecule has 2 aromatic carbocycles. The lowest BCUT2D eigenvalue weighted by molar-refractivity contribution is -0.385. The van der Waals surface area contributed by atoms with Crippen molar-refractivity contribution < 1.29 is 24.7 Å². The number of aromatic hydroxyl groups is 1. The third kappa shape index (κ3) is 3.62.